The fourth-order valence-electron chi connectivity index (χ4n) is 3.18. The molecule has 0 saturated carbocycles. The Balaban J connectivity index is 1.73. The molecule has 0 bridgehead atoms. The number of hydrogen-bond acceptors (Lipinski definition) is 2. The lowest BCUT2D eigenvalue weighted by Crippen LogP contribution is -2.63. The predicted octanol–water partition coefficient (Wildman–Crippen LogP) is 3.54. The molecule has 3 heteroatoms. The summed E-state index contributed by atoms with van der Waals surface area (Å²) in [6, 6.07) is 19.9. The summed E-state index contributed by atoms with van der Waals surface area (Å²) in [5, 5.41) is 1.06. The van der Waals surface area contributed by atoms with Gasteiger partial charge < -0.3 is 4.90 Å². The second-order valence-corrected chi connectivity index (χ2v) is 5.94. The van der Waals surface area contributed by atoms with Crippen LogP contribution in [0.3, 0.4) is 0 Å². The molecule has 1 aliphatic rings. The molecule has 1 amide bonds. The maximum atomic E-state index is 12.8. The lowest BCUT2D eigenvalue weighted by atomic mass is 9.74. The van der Waals surface area contributed by atoms with E-state index in [0.29, 0.717) is 6.54 Å². The van der Waals surface area contributed by atoms with Crippen LogP contribution in [0, 0.1) is 0 Å². The number of rotatable bonds is 2. The van der Waals surface area contributed by atoms with E-state index in [2.05, 4.69) is 4.98 Å². The Morgan fingerprint density at radius 1 is 1.00 bits per heavy atom. The van der Waals surface area contributed by atoms with Crippen LogP contribution < -0.4 is 4.90 Å². The van der Waals surface area contributed by atoms with Crippen LogP contribution in [-0.2, 0) is 10.2 Å². The van der Waals surface area contributed by atoms with Gasteiger partial charge in [0.15, 0.2) is 0 Å². The highest BCUT2D eigenvalue weighted by molar-refractivity contribution is 6.12. The third-order valence-electron chi connectivity index (χ3n) is 4.50. The first-order valence-electron chi connectivity index (χ1n) is 7.41. The van der Waals surface area contributed by atoms with Gasteiger partial charge in [0, 0.05) is 18.1 Å². The number of carbonyl (C=O) groups excluding carboxylic acids is 1. The van der Waals surface area contributed by atoms with Crippen LogP contribution in [0.4, 0.5) is 5.69 Å². The second kappa shape index (κ2) is 4.67. The number of β-lactam (4-membered cyclic amide) rings is 1. The number of carbonyl (C=O) groups is 1. The smallest absolute Gasteiger partial charge is 0.239 e. The Morgan fingerprint density at radius 2 is 1.77 bits per heavy atom. The number of hydrogen-bond donors (Lipinski definition) is 0. The number of pyridine rings is 1. The predicted molar refractivity (Wildman–Crippen MR) is 87.9 cm³/mol. The molecular formula is C19H16N2O. The van der Waals surface area contributed by atoms with Gasteiger partial charge in [0.05, 0.1) is 16.6 Å². The van der Waals surface area contributed by atoms with Crippen molar-refractivity contribution in [2.75, 3.05) is 11.4 Å². The standard InChI is InChI=1S/C19H16N2O/c1-19(15-9-3-2-4-10-15)13-21(18(19)22)16-11-5-7-14-8-6-12-20-17(14)16/h2-12H,13H2,1H3. The Kier molecular flexibility index (Phi) is 2.76. The van der Waals surface area contributed by atoms with Crippen molar-refractivity contribution < 1.29 is 4.79 Å². The Morgan fingerprint density at radius 3 is 2.55 bits per heavy atom. The topological polar surface area (TPSA) is 33.2 Å². The van der Waals surface area contributed by atoms with E-state index in [9.17, 15) is 4.79 Å². The summed E-state index contributed by atoms with van der Waals surface area (Å²) in [6.45, 7) is 2.70. The highest BCUT2D eigenvalue weighted by atomic mass is 16.2. The van der Waals surface area contributed by atoms with E-state index in [4.69, 9.17) is 0 Å². The molecule has 3 nitrogen and oxygen atoms in total. The summed E-state index contributed by atoms with van der Waals surface area (Å²) in [5.74, 6) is 0.136. The number of para-hydroxylation sites is 1. The first kappa shape index (κ1) is 13.0. The molecule has 1 saturated heterocycles. The van der Waals surface area contributed by atoms with Crippen molar-refractivity contribution in [3.05, 3.63) is 72.4 Å². The zero-order valence-electron chi connectivity index (χ0n) is 12.4. The fraction of sp³-hybridized carbons (Fsp3) is 0.158. The van der Waals surface area contributed by atoms with Gasteiger partial charge in [-0.1, -0.05) is 48.5 Å². The van der Waals surface area contributed by atoms with Gasteiger partial charge in [-0.3, -0.25) is 9.78 Å². The summed E-state index contributed by atoms with van der Waals surface area (Å²) in [4.78, 5) is 19.1. The first-order chi connectivity index (χ1) is 10.7. The van der Waals surface area contributed by atoms with E-state index in [1.165, 1.54) is 0 Å². The van der Waals surface area contributed by atoms with E-state index < -0.39 is 5.41 Å². The van der Waals surface area contributed by atoms with Crippen molar-refractivity contribution in [1.82, 2.24) is 4.98 Å². The molecule has 1 aromatic heterocycles. The van der Waals surface area contributed by atoms with Crippen LogP contribution in [0.5, 0.6) is 0 Å². The molecule has 1 unspecified atom stereocenters. The van der Waals surface area contributed by atoms with Crippen molar-refractivity contribution in [1.29, 1.82) is 0 Å². The third-order valence-corrected chi connectivity index (χ3v) is 4.50. The molecule has 108 valence electrons. The number of aromatic nitrogens is 1. The van der Waals surface area contributed by atoms with E-state index in [1.807, 2.05) is 72.5 Å². The molecule has 0 aliphatic carbocycles. The average Bonchev–Trinajstić information content (AvgIpc) is 2.59. The minimum atomic E-state index is -0.432. The van der Waals surface area contributed by atoms with E-state index in [1.54, 1.807) is 6.20 Å². The van der Waals surface area contributed by atoms with Crippen LogP contribution in [0.1, 0.15) is 12.5 Å². The van der Waals surface area contributed by atoms with Gasteiger partial charge in [0.25, 0.3) is 0 Å². The second-order valence-electron chi connectivity index (χ2n) is 5.94. The number of nitrogens with zero attached hydrogens (tertiary/aromatic N) is 2. The molecule has 2 aromatic carbocycles. The molecule has 0 N–H and O–H groups in total. The van der Waals surface area contributed by atoms with Crippen LogP contribution in [-0.4, -0.2) is 17.4 Å². The van der Waals surface area contributed by atoms with Gasteiger partial charge in [-0.05, 0) is 24.6 Å². The van der Waals surface area contributed by atoms with Gasteiger partial charge in [-0.25, -0.2) is 0 Å². The molecule has 1 atom stereocenters. The normalized spacial score (nSPS) is 21.0. The Labute approximate surface area is 129 Å². The first-order valence-corrected chi connectivity index (χ1v) is 7.41. The van der Waals surface area contributed by atoms with E-state index in [0.717, 1.165) is 22.2 Å². The maximum Gasteiger partial charge on any atom is 0.239 e. The molecule has 3 aromatic rings. The van der Waals surface area contributed by atoms with Crippen molar-refractivity contribution in [2.45, 2.75) is 12.3 Å². The molecule has 2 heterocycles. The summed E-state index contributed by atoms with van der Waals surface area (Å²) in [6.07, 6.45) is 1.77. The number of benzene rings is 2. The molecule has 22 heavy (non-hydrogen) atoms. The van der Waals surface area contributed by atoms with Crippen molar-refractivity contribution >= 4 is 22.5 Å². The van der Waals surface area contributed by atoms with Gasteiger partial charge in [0.2, 0.25) is 5.91 Å². The van der Waals surface area contributed by atoms with Crippen molar-refractivity contribution in [3.8, 4) is 0 Å². The molecule has 4 rings (SSSR count). The van der Waals surface area contributed by atoms with Crippen LogP contribution in [0.25, 0.3) is 10.9 Å². The fourth-order valence-corrected chi connectivity index (χ4v) is 3.18. The zero-order valence-corrected chi connectivity index (χ0v) is 12.4. The van der Waals surface area contributed by atoms with Gasteiger partial charge in [-0.15, -0.1) is 0 Å². The Hall–Kier alpha value is -2.68. The van der Waals surface area contributed by atoms with Crippen LogP contribution >= 0.6 is 0 Å². The van der Waals surface area contributed by atoms with E-state index in [-0.39, 0.29) is 5.91 Å². The molecule has 0 spiro atoms. The summed E-state index contributed by atoms with van der Waals surface area (Å²) in [5.41, 5.74) is 2.42. The summed E-state index contributed by atoms with van der Waals surface area (Å²) in [7, 11) is 0. The number of anilines is 1. The summed E-state index contributed by atoms with van der Waals surface area (Å²) >= 11 is 0. The number of amides is 1. The minimum Gasteiger partial charge on any atom is -0.308 e. The largest absolute Gasteiger partial charge is 0.308 e. The summed E-state index contributed by atoms with van der Waals surface area (Å²) < 4.78 is 0. The highest BCUT2D eigenvalue weighted by Gasteiger charge is 2.50. The average molecular weight is 288 g/mol. The van der Waals surface area contributed by atoms with Gasteiger partial charge in [0.1, 0.15) is 0 Å². The quantitative estimate of drug-likeness (QED) is 0.676. The maximum absolute atomic E-state index is 12.8. The molecule has 0 radical (unpaired) electrons. The molecule has 1 aliphatic heterocycles. The van der Waals surface area contributed by atoms with Crippen molar-refractivity contribution in [3.63, 3.8) is 0 Å². The zero-order chi connectivity index (χ0) is 15.2. The Bertz CT molecular complexity index is 854. The van der Waals surface area contributed by atoms with Gasteiger partial charge in [-0.2, -0.15) is 0 Å². The molecule has 1 fully saturated rings. The molecular weight excluding hydrogens is 272 g/mol. The van der Waals surface area contributed by atoms with Crippen LogP contribution in [0.15, 0.2) is 66.9 Å². The highest BCUT2D eigenvalue weighted by Crippen LogP contribution is 2.40. The monoisotopic (exact) mass is 288 g/mol. The lowest BCUT2D eigenvalue weighted by molar-refractivity contribution is -0.128. The van der Waals surface area contributed by atoms with Gasteiger partial charge >= 0.3 is 0 Å². The van der Waals surface area contributed by atoms with Crippen molar-refractivity contribution in [2.24, 2.45) is 0 Å². The third kappa shape index (κ3) is 1.75. The SMILES string of the molecule is CC1(c2ccccc2)CN(c2cccc3cccnc23)C1=O. The number of fused-ring (bicyclic) bond motifs is 1. The minimum absolute atomic E-state index is 0.136. The van der Waals surface area contributed by atoms with Crippen LogP contribution in [0.2, 0.25) is 0 Å². The van der Waals surface area contributed by atoms with E-state index >= 15 is 0 Å². The lowest BCUT2D eigenvalue weighted by Gasteiger charge is -2.47.